The second-order valence-corrected chi connectivity index (χ2v) is 9.54. The van der Waals surface area contributed by atoms with Gasteiger partial charge < -0.3 is 0 Å². The van der Waals surface area contributed by atoms with Gasteiger partial charge in [0.05, 0.1) is 0 Å². The van der Waals surface area contributed by atoms with E-state index in [9.17, 15) is 4.79 Å². The van der Waals surface area contributed by atoms with Crippen molar-refractivity contribution in [2.24, 2.45) is 0 Å². The van der Waals surface area contributed by atoms with Crippen LogP contribution in [0.25, 0.3) is 0 Å². The van der Waals surface area contributed by atoms with Crippen molar-refractivity contribution in [3.05, 3.63) is 23.8 Å². The van der Waals surface area contributed by atoms with E-state index >= 15 is 0 Å². The molecule has 0 fully saturated rings. The standard InChI is InChI=1S/C30H56O/c1-3-5-7-9-11-13-15-16-18-20-22-24-26-28-30(29-31)27-25-23-21-19-17-14-12-10-8-6-4-2/h24,26,28-29H,3-23,25,27H2,1-2H3/b26-24+,30-28-. The minimum Gasteiger partial charge on any atom is -0.298 e. The lowest BCUT2D eigenvalue weighted by Gasteiger charge is -2.03. The average molecular weight is 433 g/mol. The Morgan fingerprint density at radius 3 is 1.32 bits per heavy atom. The van der Waals surface area contributed by atoms with Gasteiger partial charge in [-0.05, 0) is 31.3 Å². The van der Waals surface area contributed by atoms with Gasteiger partial charge in [0.25, 0.3) is 0 Å². The van der Waals surface area contributed by atoms with E-state index in [1.807, 2.05) is 6.08 Å². The smallest absolute Gasteiger partial charge is 0.146 e. The van der Waals surface area contributed by atoms with E-state index < -0.39 is 0 Å². The van der Waals surface area contributed by atoms with Crippen LogP contribution in [0.15, 0.2) is 23.8 Å². The summed E-state index contributed by atoms with van der Waals surface area (Å²) < 4.78 is 0. The number of unbranched alkanes of at least 4 members (excludes halogenated alkanes) is 20. The Morgan fingerprint density at radius 1 is 0.516 bits per heavy atom. The second-order valence-electron chi connectivity index (χ2n) is 9.54. The number of hydrogen-bond donors (Lipinski definition) is 0. The van der Waals surface area contributed by atoms with Crippen LogP contribution in [0.3, 0.4) is 0 Å². The number of aldehydes is 1. The fraction of sp³-hybridized carbons (Fsp3) is 0.833. The van der Waals surface area contributed by atoms with Gasteiger partial charge in [-0.25, -0.2) is 0 Å². The lowest BCUT2D eigenvalue weighted by molar-refractivity contribution is -0.105. The van der Waals surface area contributed by atoms with Gasteiger partial charge in [-0.15, -0.1) is 0 Å². The molecule has 0 radical (unpaired) electrons. The van der Waals surface area contributed by atoms with Crippen LogP contribution in [-0.4, -0.2) is 6.29 Å². The molecule has 0 saturated carbocycles. The highest BCUT2D eigenvalue weighted by atomic mass is 16.1. The van der Waals surface area contributed by atoms with E-state index in [1.165, 1.54) is 128 Å². The first kappa shape index (κ1) is 30.1. The number of carbonyl (C=O) groups is 1. The Morgan fingerprint density at radius 2 is 0.903 bits per heavy atom. The Balaban J connectivity index is 3.47. The monoisotopic (exact) mass is 432 g/mol. The largest absolute Gasteiger partial charge is 0.298 e. The van der Waals surface area contributed by atoms with E-state index in [2.05, 4.69) is 26.0 Å². The van der Waals surface area contributed by atoms with Crippen LogP contribution < -0.4 is 0 Å². The molecule has 0 aromatic heterocycles. The van der Waals surface area contributed by atoms with Crippen LogP contribution in [0, 0.1) is 0 Å². The van der Waals surface area contributed by atoms with Crippen molar-refractivity contribution < 1.29 is 4.79 Å². The Labute approximate surface area is 196 Å². The van der Waals surface area contributed by atoms with Gasteiger partial charge in [0.1, 0.15) is 6.29 Å². The summed E-state index contributed by atoms with van der Waals surface area (Å²) in [5.74, 6) is 0. The topological polar surface area (TPSA) is 17.1 Å². The Kier molecular flexibility index (Phi) is 26.4. The summed E-state index contributed by atoms with van der Waals surface area (Å²) in [5, 5.41) is 0. The van der Waals surface area contributed by atoms with Crippen molar-refractivity contribution in [1.29, 1.82) is 0 Å². The summed E-state index contributed by atoms with van der Waals surface area (Å²) in [6, 6.07) is 0. The van der Waals surface area contributed by atoms with Crippen LogP contribution in [0.2, 0.25) is 0 Å². The summed E-state index contributed by atoms with van der Waals surface area (Å²) >= 11 is 0. The van der Waals surface area contributed by atoms with Gasteiger partial charge in [-0.3, -0.25) is 4.79 Å². The molecular formula is C30H56O. The maximum absolute atomic E-state index is 11.3. The first-order chi connectivity index (χ1) is 15.3. The first-order valence-electron chi connectivity index (χ1n) is 14.2. The van der Waals surface area contributed by atoms with Crippen LogP contribution >= 0.6 is 0 Å². The highest BCUT2D eigenvalue weighted by molar-refractivity contribution is 5.73. The zero-order valence-electron chi connectivity index (χ0n) is 21.5. The molecule has 1 nitrogen and oxygen atoms in total. The normalized spacial score (nSPS) is 12.1. The average Bonchev–Trinajstić information content (AvgIpc) is 2.79. The van der Waals surface area contributed by atoms with Crippen molar-refractivity contribution in [2.75, 3.05) is 0 Å². The zero-order chi connectivity index (χ0) is 22.7. The van der Waals surface area contributed by atoms with Crippen molar-refractivity contribution in [1.82, 2.24) is 0 Å². The van der Waals surface area contributed by atoms with Crippen LogP contribution in [0.5, 0.6) is 0 Å². The van der Waals surface area contributed by atoms with E-state index in [-0.39, 0.29) is 0 Å². The van der Waals surface area contributed by atoms with Crippen LogP contribution in [-0.2, 0) is 4.79 Å². The predicted molar refractivity (Wildman–Crippen MR) is 141 cm³/mol. The lowest BCUT2D eigenvalue weighted by atomic mass is 10.0. The summed E-state index contributed by atoms with van der Waals surface area (Å²) in [5.41, 5.74) is 0.968. The molecule has 0 spiro atoms. The summed E-state index contributed by atoms with van der Waals surface area (Å²) in [6.45, 7) is 4.56. The van der Waals surface area contributed by atoms with Gasteiger partial charge in [-0.1, -0.05) is 154 Å². The van der Waals surface area contributed by atoms with Crippen LogP contribution in [0.1, 0.15) is 162 Å². The molecule has 31 heavy (non-hydrogen) atoms. The highest BCUT2D eigenvalue weighted by Crippen LogP contribution is 2.14. The number of rotatable bonds is 25. The predicted octanol–water partition coefficient (Wildman–Crippen LogP) is 10.7. The third kappa shape index (κ3) is 25.3. The van der Waals surface area contributed by atoms with Crippen molar-refractivity contribution >= 4 is 6.29 Å². The van der Waals surface area contributed by atoms with Crippen molar-refractivity contribution in [3.63, 3.8) is 0 Å². The minimum absolute atomic E-state index is 0.948. The molecule has 0 aromatic rings. The fourth-order valence-corrected chi connectivity index (χ4v) is 4.21. The molecule has 0 aromatic carbocycles. The van der Waals surface area contributed by atoms with Gasteiger partial charge in [-0.2, -0.15) is 0 Å². The van der Waals surface area contributed by atoms with E-state index in [0.29, 0.717) is 0 Å². The molecule has 0 saturated heterocycles. The van der Waals surface area contributed by atoms with Gasteiger partial charge >= 0.3 is 0 Å². The summed E-state index contributed by atoms with van der Waals surface area (Å²) in [6.07, 6.45) is 38.4. The molecule has 182 valence electrons. The van der Waals surface area contributed by atoms with Crippen LogP contribution in [0.4, 0.5) is 0 Å². The number of allylic oxidation sites excluding steroid dienone is 4. The Hall–Kier alpha value is -0.850. The molecular weight excluding hydrogens is 376 g/mol. The van der Waals surface area contributed by atoms with Crippen molar-refractivity contribution in [2.45, 2.75) is 162 Å². The minimum atomic E-state index is 0.948. The molecule has 0 bridgehead atoms. The maximum Gasteiger partial charge on any atom is 0.146 e. The third-order valence-corrected chi connectivity index (χ3v) is 6.39. The molecule has 1 heteroatoms. The zero-order valence-corrected chi connectivity index (χ0v) is 21.5. The number of hydrogen-bond acceptors (Lipinski definition) is 1. The van der Waals surface area contributed by atoms with Gasteiger partial charge in [0.2, 0.25) is 0 Å². The molecule has 0 aliphatic heterocycles. The quantitative estimate of drug-likeness (QED) is 0.0606. The molecule has 0 rings (SSSR count). The Bertz CT molecular complexity index is 407. The second kappa shape index (κ2) is 27.2. The third-order valence-electron chi connectivity index (χ3n) is 6.39. The molecule has 0 heterocycles. The molecule has 0 amide bonds. The first-order valence-corrected chi connectivity index (χ1v) is 14.2. The van der Waals surface area contributed by atoms with Gasteiger partial charge in [0, 0.05) is 0 Å². The highest BCUT2D eigenvalue weighted by Gasteiger charge is 1.97. The molecule has 0 unspecified atom stereocenters. The van der Waals surface area contributed by atoms with Crippen molar-refractivity contribution in [3.8, 4) is 0 Å². The molecule has 0 aliphatic rings. The SMILES string of the molecule is CCCCCCCCCCCC/C=C/C=C(\C=O)CCCCCCCCCCCCC. The lowest BCUT2D eigenvalue weighted by Crippen LogP contribution is -1.87. The maximum atomic E-state index is 11.3. The number of carbonyl (C=O) groups excluding carboxylic acids is 1. The molecule has 0 aliphatic carbocycles. The van der Waals surface area contributed by atoms with E-state index in [1.54, 1.807) is 0 Å². The summed E-state index contributed by atoms with van der Waals surface area (Å²) in [7, 11) is 0. The summed E-state index contributed by atoms with van der Waals surface area (Å²) in [4.78, 5) is 11.3. The fourth-order valence-electron chi connectivity index (χ4n) is 4.21. The van der Waals surface area contributed by atoms with Gasteiger partial charge in [0.15, 0.2) is 0 Å². The van der Waals surface area contributed by atoms with E-state index in [0.717, 1.165) is 31.1 Å². The molecule has 0 atom stereocenters. The van der Waals surface area contributed by atoms with E-state index in [4.69, 9.17) is 0 Å². The molecule has 0 N–H and O–H groups in total.